The Morgan fingerprint density at radius 1 is 1.38 bits per heavy atom. The number of nitrogens with two attached hydrogens (primary N) is 1. The number of fused-ring (bicyclic) bond motifs is 1. The molecule has 2 heterocycles. The molecule has 1 aromatic carbocycles. The summed E-state index contributed by atoms with van der Waals surface area (Å²) in [4.78, 5) is 4.34. The van der Waals surface area contributed by atoms with Crippen LogP contribution in [0.3, 0.4) is 0 Å². The van der Waals surface area contributed by atoms with Crippen molar-refractivity contribution in [1.82, 2.24) is 4.98 Å². The number of nitrogens with zero attached hydrogens (tertiary/aromatic N) is 2. The lowest BCUT2D eigenvalue weighted by Gasteiger charge is -2.11. The summed E-state index contributed by atoms with van der Waals surface area (Å²) >= 11 is 12.1. The Morgan fingerprint density at radius 2 is 2.19 bits per heavy atom. The van der Waals surface area contributed by atoms with Gasteiger partial charge >= 0.3 is 0 Å². The molecule has 0 fully saturated rings. The van der Waals surface area contributed by atoms with Gasteiger partial charge in [-0.1, -0.05) is 34.4 Å². The lowest BCUT2D eigenvalue weighted by molar-refractivity contribution is 0.233. The van der Waals surface area contributed by atoms with E-state index in [0.717, 1.165) is 5.56 Å². The highest BCUT2D eigenvalue weighted by Crippen LogP contribution is 2.42. The molecule has 3 N–H and O–H groups in total. The van der Waals surface area contributed by atoms with Crippen LogP contribution in [0, 0.1) is 0 Å². The normalized spacial score (nSPS) is 17.4. The molecule has 1 aliphatic heterocycles. The van der Waals surface area contributed by atoms with E-state index in [1.807, 2.05) is 12.1 Å². The van der Waals surface area contributed by atoms with Crippen LogP contribution in [-0.2, 0) is 6.42 Å². The van der Waals surface area contributed by atoms with E-state index in [-0.39, 0.29) is 11.9 Å². The third kappa shape index (κ3) is 2.62. The largest absolute Gasteiger partial charge is 0.482 e. The van der Waals surface area contributed by atoms with Gasteiger partial charge in [-0.15, -0.1) is 0 Å². The molecule has 0 amide bonds. The highest BCUT2D eigenvalue weighted by Gasteiger charge is 2.28. The number of hydrogen-bond donors (Lipinski definition) is 2. The van der Waals surface area contributed by atoms with Gasteiger partial charge in [0, 0.05) is 17.0 Å². The van der Waals surface area contributed by atoms with Crippen LogP contribution in [0.15, 0.2) is 35.5 Å². The van der Waals surface area contributed by atoms with Crippen LogP contribution in [0.2, 0.25) is 10.0 Å². The van der Waals surface area contributed by atoms with E-state index < -0.39 is 0 Å². The molecule has 0 aliphatic carbocycles. The molecular formula is C14H11Cl2N3O2. The SMILES string of the molecule is N/C(=N\O)c1cccc(C2Cc3cc(Cl)cc(Cl)c3O2)n1. The molecule has 0 saturated heterocycles. The van der Waals surface area contributed by atoms with Crippen molar-refractivity contribution in [3.8, 4) is 5.75 Å². The molecule has 2 aromatic rings. The maximum Gasteiger partial charge on any atom is 0.188 e. The fourth-order valence-corrected chi connectivity index (χ4v) is 2.85. The monoisotopic (exact) mass is 323 g/mol. The molecule has 0 bridgehead atoms. The van der Waals surface area contributed by atoms with Crippen molar-refractivity contribution in [3.63, 3.8) is 0 Å². The number of rotatable bonds is 2. The molecule has 1 aliphatic rings. The van der Waals surface area contributed by atoms with Gasteiger partial charge in [-0.2, -0.15) is 0 Å². The van der Waals surface area contributed by atoms with Gasteiger partial charge in [0.25, 0.3) is 0 Å². The average molecular weight is 324 g/mol. The van der Waals surface area contributed by atoms with Gasteiger partial charge in [-0.25, -0.2) is 4.98 Å². The molecule has 3 rings (SSSR count). The Kier molecular flexibility index (Phi) is 3.61. The Labute approximate surface area is 131 Å². The number of amidine groups is 1. The summed E-state index contributed by atoms with van der Waals surface area (Å²) in [7, 11) is 0. The first-order valence-corrected chi connectivity index (χ1v) is 6.93. The first kappa shape index (κ1) is 14.0. The summed E-state index contributed by atoms with van der Waals surface area (Å²) in [5.74, 6) is 0.579. The van der Waals surface area contributed by atoms with Crippen LogP contribution in [0.25, 0.3) is 0 Å². The van der Waals surface area contributed by atoms with Crippen molar-refractivity contribution in [1.29, 1.82) is 0 Å². The zero-order chi connectivity index (χ0) is 15.0. The molecule has 7 heteroatoms. The number of ether oxygens (including phenoxy) is 1. The summed E-state index contributed by atoms with van der Waals surface area (Å²) in [6.45, 7) is 0. The third-order valence-corrected chi connectivity index (χ3v) is 3.72. The van der Waals surface area contributed by atoms with Crippen LogP contribution in [0.1, 0.15) is 23.1 Å². The van der Waals surface area contributed by atoms with E-state index in [4.69, 9.17) is 38.9 Å². The van der Waals surface area contributed by atoms with Crippen molar-refractivity contribution in [2.45, 2.75) is 12.5 Å². The van der Waals surface area contributed by atoms with Gasteiger partial charge in [0.1, 0.15) is 17.5 Å². The van der Waals surface area contributed by atoms with Crippen molar-refractivity contribution in [3.05, 3.63) is 57.3 Å². The van der Waals surface area contributed by atoms with Gasteiger partial charge in [0.2, 0.25) is 0 Å². The van der Waals surface area contributed by atoms with E-state index in [1.54, 1.807) is 18.2 Å². The minimum atomic E-state index is -0.276. The Bertz CT molecular complexity index is 734. The maximum atomic E-state index is 8.71. The summed E-state index contributed by atoms with van der Waals surface area (Å²) in [5, 5.41) is 12.7. The Morgan fingerprint density at radius 3 is 2.95 bits per heavy atom. The van der Waals surface area contributed by atoms with E-state index >= 15 is 0 Å². The van der Waals surface area contributed by atoms with Crippen LogP contribution in [0.4, 0.5) is 0 Å². The van der Waals surface area contributed by atoms with Gasteiger partial charge in [-0.05, 0) is 24.3 Å². The molecule has 108 valence electrons. The quantitative estimate of drug-likeness (QED) is 0.385. The maximum absolute atomic E-state index is 8.71. The molecule has 1 unspecified atom stereocenters. The first-order chi connectivity index (χ1) is 10.1. The van der Waals surface area contributed by atoms with Gasteiger partial charge < -0.3 is 15.7 Å². The fraction of sp³-hybridized carbons (Fsp3) is 0.143. The van der Waals surface area contributed by atoms with Gasteiger partial charge in [0.05, 0.1) is 10.7 Å². The lowest BCUT2D eigenvalue weighted by Crippen LogP contribution is -2.17. The second-order valence-electron chi connectivity index (χ2n) is 4.62. The third-order valence-electron chi connectivity index (χ3n) is 3.22. The van der Waals surface area contributed by atoms with E-state index in [1.165, 1.54) is 0 Å². The summed E-state index contributed by atoms with van der Waals surface area (Å²) in [6, 6.07) is 8.72. The van der Waals surface area contributed by atoms with Gasteiger partial charge in [0.15, 0.2) is 5.84 Å². The second kappa shape index (κ2) is 5.42. The standard InChI is InChI=1S/C14H11Cl2N3O2/c15-8-4-7-5-12(21-13(7)9(16)6-8)10-2-1-3-11(18-10)14(17)19-20/h1-4,6,12,20H,5H2,(H2,17,19). The predicted molar refractivity (Wildman–Crippen MR) is 80.3 cm³/mol. The minimum Gasteiger partial charge on any atom is -0.482 e. The van der Waals surface area contributed by atoms with E-state index in [0.29, 0.717) is 33.6 Å². The second-order valence-corrected chi connectivity index (χ2v) is 5.46. The van der Waals surface area contributed by atoms with Crippen molar-refractivity contribution in [2.75, 3.05) is 0 Å². The van der Waals surface area contributed by atoms with Crippen LogP contribution in [-0.4, -0.2) is 16.0 Å². The van der Waals surface area contributed by atoms with Crippen molar-refractivity contribution >= 4 is 29.0 Å². The Balaban J connectivity index is 1.93. The first-order valence-electron chi connectivity index (χ1n) is 6.18. The zero-order valence-electron chi connectivity index (χ0n) is 10.8. The molecule has 0 spiro atoms. The number of oxime groups is 1. The van der Waals surface area contributed by atoms with E-state index in [9.17, 15) is 0 Å². The number of aromatic nitrogens is 1. The van der Waals surface area contributed by atoms with E-state index in [2.05, 4.69) is 10.1 Å². The number of halogens is 2. The minimum absolute atomic E-state index is 0.0477. The highest BCUT2D eigenvalue weighted by molar-refractivity contribution is 6.35. The summed E-state index contributed by atoms with van der Waals surface area (Å²) in [6.07, 6.45) is 0.338. The lowest BCUT2D eigenvalue weighted by atomic mass is 10.1. The van der Waals surface area contributed by atoms with Crippen LogP contribution >= 0.6 is 23.2 Å². The number of benzene rings is 1. The summed E-state index contributed by atoms with van der Waals surface area (Å²) in [5.41, 5.74) is 7.56. The van der Waals surface area contributed by atoms with Crippen molar-refractivity contribution < 1.29 is 9.94 Å². The van der Waals surface area contributed by atoms with Crippen molar-refractivity contribution in [2.24, 2.45) is 10.9 Å². The molecule has 21 heavy (non-hydrogen) atoms. The molecule has 0 saturated carbocycles. The average Bonchev–Trinajstić information content (AvgIpc) is 2.91. The van der Waals surface area contributed by atoms with Crippen LogP contribution in [0.5, 0.6) is 5.75 Å². The zero-order valence-corrected chi connectivity index (χ0v) is 12.3. The summed E-state index contributed by atoms with van der Waals surface area (Å²) < 4.78 is 5.85. The molecular weight excluding hydrogens is 313 g/mol. The number of hydrogen-bond acceptors (Lipinski definition) is 4. The topological polar surface area (TPSA) is 80.7 Å². The molecule has 5 nitrogen and oxygen atoms in total. The molecule has 1 aromatic heterocycles. The smallest absolute Gasteiger partial charge is 0.188 e. The fourth-order valence-electron chi connectivity index (χ4n) is 2.27. The van der Waals surface area contributed by atoms with Gasteiger partial charge in [-0.3, -0.25) is 0 Å². The number of pyridine rings is 1. The molecule has 0 radical (unpaired) electrons. The molecule has 1 atom stereocenters. The predicted octanol–water partition coefficient (Wildman–Crippen LogP) is 3.16. The highest BCUT2D eigenvalue weighted by atomic mass is 35.5. The van der Waals surface area contributed by atoms with Crippen LogP contribution < -0.4 is 10.5 Å². The Hall–Kier alpha value is -1.98.